The highest BCUT2D eigenvalue weighted by Gasteiger charge is 2.42. The molecule has 1 aliphatic rings. The molecule has 0 spiro atoms. The minimum atomic E-state index is -0.529. The standard InChI is InChI=1S/C22H25NO4/c1-15-6-8-16(9-7-15)22(12-4-5-13-22)21(25)23-17-10-11-19(26-2)18(14-17)20(24)27-3/h6-11,14H,4-5,12-13H2,1-3H3,(H,23,25). The van der Waals surface area contributed by atoms with Gasteiger partial charge in [-0.2, -0.15) is 0 Å². The van der Waals surface area contributed by atoms with E-state index in [2.05, 4.69) is 5.32 Å². The zero-order valence-electron chi connectivity index (χ0n) is 16.0. The predicted octanol–water partition coefficient (Wildman–Crippen LogP) is 4.24. The molecule has 0 unspecified atom stereocenters. The predicted molar refractivity (Wildman–Crippen MR) is 104 cm³/mol. The Hall–Kier alpha value is -2.82. The summed E-state index contributed by atoms with van der Waals surface area (Å²) in [6.07, 6.45) is 3.69. The van der Waals surface area contributed by atoms with Crippen LogP contribution in [0.1, 0.15) is 47.2 Å². The second-order valence-corrected chi connectivity index (χ2v) is 7.02. The first-order valence-electron chi connectivity index (χ1n) is 9.15. The maximum absolute atomic E-state index is 13.3. The maximum atomic E-state index is 13.3. The van der Waals surface area contributed by atoms with Crippen molar-refractivity contribution >= 4 is 17.6 Å². The first-order valence-corrected chi connectivity index (χ1v) is 9.15. The molecule has 0 radical (unpaired) electrons. The van der Waals surface area contributed by atoms with Gasteiger partial charge in [0.1, 0.15) is 11.3 Å². The van der Waals surface area contributed by atoms with Gasteiger partial charge in [0.2, 0.25) is 5.91 Å². The van der Waals surface area contributed by atoms with E-state index < -0.39 is 11.4 Å². The van der Waals surface area contributed by atoms with Crippen molar-refractivity contribution < 1.29 is 19.1 Å². The van der Waals surface area contributed by atoms with Gasteiger partial charge >= 0.3 is 5.97 Å². The molecule has 2 aromatic rings. The van der Waals surface area contributed by atoms with Crippen LogP contribution >= 0.6 is 0 Å². The van der Waals surface area contributed by atoms with Crippen molar-refractivity contribution in [3.05, 3.63) is 59.2 Å². The van der Waals surface area contributed by atoms with Crippen LogP contribution in [0.2, 0.25) is 0 Å². The lowest BCUT2D eigenvalue weighted by molar-refractivity contribution is -0.121. The Bertz CT molecular complexity index is 836. The number of hydrogen-bond acceptors (Lipinski definition) is 4. The molecular weight excluding hydrogens is 342 g/mol. The van der Waals surface area contributed by atoms with Crippen LogP contribution in [0.25, 0.3) is 0 Å². The van der Waals surface area contributed by atoms with Gasteiger partial charge in [-0.1, -0.05) is 42.7 Å². The minimum Gasteiger partial charge on any atom is -0.496 e. The van der Waals surface area contributed by atoms with Gasteiger partial charge < -0.3 is 14.8 Å². The highest BCUT2D eigenvalue weighted by atomic mass is 16.5. The summed E-state index contributed by atoms with van der Waals surface area (Å²) in [6.45, 7) is 2.04. The Morgan fingerprint density at radius 2 is 1.67 bits per heavy atom. The summed E-state index contributed by atoms with van der Waals surface area (Å²) >= 11 is 0. The van der Waals surface area contributed by atoms with Gasteiger partial charge in [0.15, 0.2) is 0 Å². The number of rotatable bonds is 5. The lowest BCUT2D eigenvalue weighted by Gasteiger charge is -2.28. The van der Waals surface area contributed by atoms with E-state index >= 15 is 0 Å². The van der Waals surface area contributed by atoms with Crippen LogP contribution in [0.3, 0.4) is 0 Å². The molecule has 3 rings (SSSR count). The lowest BCUT2D eigenvalue weighted by atomic mass is 9.77. The van der Waals surface area contributed by atoms with E-state index in [0.29, 0.717) is 11.4 Å². The fraction of sp³-hybridized carbons (Fsp3) is 0.364. The molecule has 0 bridgehead atoms. The van der Waals surface area contributed by atoms with E-state index in [1.165, 1.54) is 19.8 Å². The van der Waals surface area contributed by atoms with Crippen LogP contribution in [0.5, 0.6) is 5.75 Å². The summed E-state index contributed by atoms with van der Waals surface area (Å²) in [5, 5.41) is 3.01. The van der Waals surface area contributed by atoms with Crippen LogP contribution < -0.4 is 10.1 Å². The average molecular weight is 367 g/mol. The van der Waals surface area contributed by atoms with E-state index in [1.54, 1.807) is 18.2 Å². The maximum Gasteiger partial charge on any atom is 0.341 e. The first kappa shape index (κ1) is 19.0. The Morgan fingerprint density at radius 1 is 1.00 bits per heavy atom. The average Bonchev–Trinajstić information content (AvgIpc) is 3.19. The van der Waals surface area contributed by atoms with Gasteiger partial charge in [0, 0.05) is 5.69 Å². The zero-order valence-corrected chi connectivity index (χ0v) is 16.0. The van der Waals surface area contributed by atoms with Crippen molar-refractivity contribution in [3.8, 4) is 5.75 Å². The van der Waals surface area contributed by atoms with Gasteiger partial charge in [-0.25, -0.2) is 4.79 Å². The highest BCUT2D eigenvalue weighted by molar-refractivity contribution is 6.01. The number of nitrogens with one attached hydrogen (secondary N) is 1. The summed E-state index contributed by atoms with van der Waals surface area (Å²) in [4.78, 5) is 25.3. The molecule has 142 valence electrons. The summed E-state index contributed by atoms with van der Waals surface area (Å²) < 4.78 is 10.0. The van der Waals surface area contributed by atoms with Crippen molar-refractivity contribution in [2.45, 2.75) is 38.0 Å². The molecule has 5 nitrogen and oxygen atoms in total. The topological polar surface area (TPSA) is 64.6 Å². The number of carbonyl (C=O) groups excluding carboxylic acids is 2. The van der Waals surface area contributed by atoms with Crippen molar-refractivity contribution in [2.24, 2.45) is 0 Å². The number of aryl methyl sites for hydroxylation is 1. The number of methoxy groups -OCH3 is 2. The molecule has 0 atom stereocenters. The van der Waals surface area contributed by atoms with Gasteiger partial charge in [-0.15, -0.1) is 0 Å². The Morgan fingerprint density at radius 3 is 2.26 bits per heavy atom. The highest BCUT2D eigenvalue weighted by Crippen LogP contribution is 2.42. The zero-order chi connectivity index (χ0) is 19.4. The smallest absolute Gasteiger partial charge is 0.341 e. The molecular formula is C22H25NO4. The van der Waals surface area contributed by atoms with Crippen molar-refractivity contribution in [1.29, 1.82) is 0 Å². The molecule has 1 aliphatic carbocycles. The first-order chi connectivity index (χ1) is 13.0. The van der Waals surface area contributed by atoms with E-state index in [1.807, 2.05) is 31.2 Å². The van der Waals surface area contributed by atoms with E-state index in [9.17, 15) is 9.59 Å². The molecule has 0 saturated heterocycles. The summed E-state index contributed by atoms with van der Waals surface area (Å²) in [5.74, 6) is -0.129. The van der Waals surface area contributed by atoms with Crippen LogP contribution in [0.4, 0.5) is 5.69 Å². The van der Waals surface area contributed by atoms with Crippen LogP contribution in [0.15, 0.2) is 42.5 Å². The summed E-state index contributed by atoms with van der Waals surface area (Å²) in [7, 11) is 2.81. The Balaban J connectivity index is 1.91. The number of carbonyl (C=O) groups is 2. The number of esters is 1. The minimum absolute atomic E-state index is 0.0372. The molecule has 1 fully saturated rings. The number of ether oxygens (including phenoxy) is 2. The summed E-state index contributed by atoms with van der Waals surface area (Å²) in [5.41, 5.74) is 2.53. The van der Waals surface area contributed by atoms with Crippen molar-refractivity contribution in [3.63, 3.8) is 0 Å². The van der Waals surface area contributed by atoms with Gasteiger partial charge in [-0.3, -0.25) is 4.79 Å². The van der Waals surface area contributed by atoms with E-state index in [0.717, 1.165) is 31.2 Å². The van der Waals surface area contributed by atoms with Gasteiger partial charge in [0.25, 0.3) is 0 Å². The molecule has 1 N–H and O–H groups in total. The van der Waals surface area contributed by atoms with Crippen molar-refractivity contribution in [1.82, 2.24) is 0 Å². The van der Waals surface area contributed by atoms with E-state index in [4.69, 9.17) is 9.47 Å². The van der Waals surface area contributed by atoms with E-state index in [-0.39, 0.29) is 11.5 Å². The van der Waals surface area contributed by atoms with Crippen LogP contribution in [-0.2, 0) is 14.9 Å². The summed E-state index contributed by atoms with van der Waals surface area (Å²) in [6, 6.07) is 13.2. The molecule has 2 aromatic carbocycles. The normalized spacial score (nSPS) is 15.2. The fourth-order valence-electron chi connectivity index (χ4n) is 3.80. The second-order valence-electron chi connectivity index (χ2n) is 7.02. The Kier molecular flexibility index (Phi) is 5.49. The molecule has 0 aliphatic heterocycles. The second kappa shape index (κ2) is 7.82. The van der Waals surface area contributed by atoms with Crippen molar-refractivity contribution in [2.75, 3.05) is 19.5 Å². The number of benzene rings is 2. The number of amides is 1. The lowest BCUT2D eigenvalue weighted by Crippen LogP contribution is -2.38. The third-order valence-electron chi connectivity index (χ3n) is 5.36. The molecule has 27 heavy (non-hydrogen) atoms. The van der Waals surface area contributed by atoms with Crippen LogP contribution in [-0.4, -0.2) is 26.1 Å². The molecule has 1 saturated carbocycles. The molecule has 0 heterocycles. The molecule has 1 amide bonds. The largest absolute Gasteiger partial charge is 0.496 e. The monoisotopic (exact) mass is 367 g/mol. The molecule has 0 aromatic heterocycles. The number of anilines is 1. The van der Waals surface area contributed by atoms with Gasteiger partial charge in [0.05, 0.1) is 19.6 Å². The fourth-order valence-corrected chi connectivity index (χ4v) is 3.80. The third kappa shape index (κ3) is 3.68. The number of hydrogen-bond donors (Lipinski definition) is 1. The van der Waals surface area contributed by atoms with Crippen LogP contribution in [0, 0.1) is 6.92 Å². The quantitative estimate of drug-likeness (QED) is 0.803. The molecule has 5 heteroatoms. The third-order valence-corrected chi connectivity index (χ3v) is 5.36. The SMILES string of the molecule is COC(=O)c1cc(NC(=O)C2(c3ccc(C)cc3)CCCC2)ccc1OC. The van der Waals surface area contributed by atoms with Gasteiger partial charge in [-0.05, 0) is 43.5 Å². The Labute approximate surface area is 159 Å².